The van der Waals surface area contributed by atoms with Crippen LogP contribution in [-0.2, 0) is 17.8 Å². The van der Waals surface area contributed by atoms with Gasteiger partial charge >= 0.3 is 0 Å². The van der Waals surface area contributed by atoms with Crippen molar-refractivity contribution >= 4 is 11.6 Å². The lowest BCUT2D eigenvalue weighted by Gasteiger charge is -2.11. The summed E-state index contributed by atoms with van der Waals surface area (Å²) in [7, 11) is 0. The number of nitrogens with zero attached hydrogens (tertiary/aromatic N) is 2. The average Bonchev–Trinajstić information content (AvgIpc) is 3.12. The van der Waals surface area contributed by atoms with Gasteiger partial charge < -0.3 is 14.6 Å². The van der Waals surface area contributed by atoms with Gasteiger partial charge in [0.15, 0.2) is 6.61 Å². The molecule has 0 spiro atoms. The summed E-state index contributed by atoms with van der Waals surface area (Å²) in [6, 6.07) is 15.4. The van der Waals surface area contributed by atoms with E-state index >= 15 is 0 Å². The lowest BCUT2D eigenvalue weighted by molar-refractivity contribution is -0.118. The van der Waals surface area contributed by atoms with Gasteiger partial charge in [-0.3, -0.25) is 4.79 Å². The predicted octanol–water partition coefficient (Wildman–Crippen LogP) is 4.21. The van der Waals surface area contributed by atoms with E-state index in [1.165, 1.54) is 12.8 Å². The maximum Gasteiger partial charge on any atom is 0.262 e. The molecule has 1 N–H and O–H groups in total. The van der Waals surface area contributed by atoms with Crippen LogP contribution in [0.15, 0.2) is 54.7 Å². The van der Waals surface area contributed by atoms with Gasteiger partial charge in [0.2, 0.25) is 0 Å². The molecule has 0 radical (unpaired) electrons. The van der Waals surface area contributed by atoms with Crippen LogP contribution in [0.3, 0.4) is 0 Å². The van der Waals surface area contributed by atoms with Crippen LogP contribution in [0.25, 0.3) is 11.3 Å². The van der Waals surface area contributed by atoms with Crippen molar-refractivity contribution in [3.05, 3.63) is 66.1 Å². The van der Waals surface area contributed by atoms with Crippen LogP contribution in [0, 0.1) is 6.92 Å². The van der Waals surface area contributed by atoms with Gasteiger partial charge in [0, 0.05) is 30.4 Å². The molecule has 0 bridgehead atoms. The second-order valence-electron chi connectivity index (χ2n) is 6.92. The molecule has 1 aliphatic heterocycles. The SMILES string of the molecule is Cc1ccc(OCC(=O)Nc2cccc(-c3cn4c(n3)CCCC4)c2)cc1. The summed E-state index contributed by atoms with van der Waals surface area (Å²) >= 11 is 0. The molecule has 0 unspecified atom stereocenters. The Morgan fingerprint density at radius 2 is 2.04 bits per heavy atom. The number of amides is 1. The lowest BCUT2D eigenvalue weighted by Crippen LogP contribution is -2.20. The molecule has 5 heteroatoms. The van der Waals surface area contributed by atoms with Crippen molar-refractivity contribution in [1.29, 1.82) is 0 Å². The maximum atomic E-state index is 12.2. The number of aromatic nitrogens is 2. The minimum Gasteiger partial charge on any atom is -0.484 e. The van der Waals surface area contributed by atoms with Crippen molar-refractivity contribution in [3.63, 3.8) is 0 Å². The van der Waals surface area contributed by atoms with E-state index in [-0.39, 0.29) is 12.5 Å². The maximum absolute atomic E-state index is 12.2. The number of nitrogens with one attached hydrogen (secondary N) is 1. The van der Waals surface area contributed by atoms with Crippen molar-refractivity contribution in [2.45, 2.75) is 32.7 Å². The van der Waals surface area contributed by atoms with E-state index in [0.29, 0.717) is 5.75 Å². The topological polar surface area (TPSA) is 56.1 Å². The van der Waals surface area contributed by atoms with Crippen molar-refractivity contribution in [3.8, 4) is 17.0 Å². The fourth-order valence-corrected chi connectivity index (χ4v) is 3.29. The van der Waals surface area contributed by atoms with Crippen LogP contribution >= 0.6 is 0 Å². The van der Waals surface area contributed by atoms with E-state index < -0.39 is 0 Å². The fourth-order valence-electron chi connectivity index (χ4n) is 3.29. The van der Waals surface area contributed by atoms with Crippen LogP contribution in [0.5, 0.6) is 5.75 Å². The Balaban J connectivity index is 1.40. The van der Waals surface area contributed by atoms with Gasteiger partial charge in [0.05, 0.1) is 5.69 Å². The van der Waals surface area contributed by atoms with E-state index in [9.17, 15) is 4.79 Å². The van der Waals surface area contributed by atoms with E-state index in [2.05, 4.69) is 16.1 Å². The van der Waals surface area contributed by atoms with Crippen LogP contribution in [0.4, 0.5) is 5.69 Å². The Morgan fingerprint density at radius 3 is 2.85 bits per heavy atom. The Kier molecular flexibility index (Phi) is 4.92. The molecule has 3 aromatic rings. The standard InChI is InChI=1S/C22H23N3O2/c1-16-8-10-19(11-9-16)27-15-22(26)23-18-6-4-5-17(13-18)20-14-25-12-3-2-7-21(25)24-20/h4-6,8-11,13-14H,2-3,7,12,15H2,1H3,(H,23,26). The first-order valence-corrected chi connectivity index (χ1v) is 9.33. The number of carbonyl (C=O) groups is 1. The van der Waals surface area contributed by atoms with Crippen LogP contribution in [0.2, 0.25) is 0 Å². The van der Waals surface area contributed by atoms with Crippen LogP contribution < -0.4 is 10.1 Å². The largest absolute Gasteiger partial charge is 0.484 e. The monoisotopic (exact) mass is 361 g/mol. The third-order valence-corrected chi connectivity index (χ3v) is 4.74. The zero-order chi connectivity index (χ0) is 18.6. The first kappa shape index (κ1) is 17.3. The highest BCUT2D eigenvalue weighted by molar-refractivity contribution is 5.92. The van der Waals surface area contributed by atoms with Crippen LogP contribution in [-0.4, -0.2) is 22.1 Å². The van der Waals surface area contributed by atoms with Crippen LogP contribution in [0.1, 0.15) is 24.2 Å². The summed E-state index contributed by atoms with van der Waals surface area (Å²) < 4.78 is 7.77. The quantitative estimate of drug-likeness (QED) is 0.740. The number of benzene rings is 2. The zero-order valence-corrected chi connectivity index (χ0v) is 15.4. The normalized spacial score (nSPS) is 13.1. The summed E-state index contributed by atoms with van der Waals surface area (Å²) in [5, 5.41) is 2.90. The molecule has 1 aliphatic rings. The van der Waals surface area contributed by atoms with E-state index in [0.717, 1.165) is 41.3 Å². The predicted molar refractivity (Wildman–Crippen MR) is 106 cm³/mol. The molecule has 0 fully saturated rings. The Hall–Kier alpha value is -3.08. The van der Waals surface area contributed by atoms with Crippen molar-refractivity contribution < 1.29 is 9.53 Å². The number of aryl methyl sites for hydroxylation is 3. The van der Waals surface area contributed by atoms with Gasteiger partial charge in [-0.15, -0.1) is 0 Å². The van der Waals surface area contributed by atoms with Gasteiger partial charge in [0.25, 0.3) is 5.91 Å². The van der Waals surface area contributed by atoms with Crippen molar-refractivity contribution in [2.24, 2.45) is 0 Å². The molecule has 1 amide bonds. The molecular formula is C22H23N3O2. The Bertz CT molecular complexity index is 921. The number of hydrogen-bond acceptors (Lipinski definition) is 3. The summed E-state index contributed by atoms with van der Waals surface area (Å²) in [5.41, 5.74) is 3.87. The number of imidazole rings is 1. The molecule has 0 aliphatic carbocycles. The molecule has 0 atom stereocenters. The Labute approximate surface area is 159 Å². The molecule has 1 aromatic heterocycles. The Morgan fingerprint density at radius 1 is 1.19 bits per heavy atom. The van der Waals surface area contributed by atoms with E-state index in [4.69, 9.17) is 9.72 Å². The highest BCUT2D eigenvalue weighted by Crippen LogP contribution is 2.24. The summed E-state index contributed by atoms with van der Waals surface area (Å²) in [4.78, 5) is 17.0. The molecule has 0 saturated carbocycles. The summed E-state index contributed by atoms with van der Waals surface area (Å²) in [5.74, 6) is 1.65. The number of anilines is 1. The second-order valence-corrected chi connectivity index (χ2v) is 6.92. The zero-order valence-electron chi connectivity index (χ0n) is 15.4. The van der Waals surface area contributed by atoms with Gasteiger partial charge in [-0.25, -0.2) is 4.98 Å². The third-order valence-electron chi connectivity index (χ3n) is 4.74. The molecule has 27 heavy (non-hydrogen) atoms. The van der Waals surface area contributed by atoms with Crippen molar-refractivity contribution in [2.75, 3.05) is 11.9 Å². The first-order chi connectivity index (χ1) is 13.2. The van der Waals surface area contributed by atoms with Crippen molar-refractivity contribution in [1.82, 2.24) is 9.55 Å². The lowest BCUT2D eigenvalue weighted by atomic mass is 10.1. The van der Waals surface area contributed by atoms with E-state index in [1.54, 1.807) is 0 Å². The number of rotatable bonds is 5. The average molecular weight is 361 g/mol. The number of ether oxygens (including phenoxy) is 1. The smallest absolute Gasteiger partial charge is 0.262 e. The van der Waals surface area contributed by atoms with E-state index in [1.807, 2.05) is 55.5 Å². The first-order valence-electron chi connectivity index (χ1n) is 9.33. The van der Waals surface area contributed by atoms with Gasteiger partial charge in [0.1, 0.15) is 11.6 Å². The molecule has 0 saturated heterocycles. The number of hydrogen-bond donors (Lipinski definition) is 1. The molecule has 2 heterocycles. The minimum atomic E-state index is -0.183. The third kappa shape index (κ3) is 4.19. The number of fused-ring (bicyclic) bond motifs is 1. The van der Waals surface area contributed by atoms with Gasteiger partial charge in [-0.05, 0) is 44.0 Å². The van der Waals surface area contributed by atoms with Gasteiger partial charge in [-0.1, -0.05) is 29.8 Å². The molecule has 138 valence electrons. The molecule has 2 aromatic carbocycles. The molecule has 4 rings (SSSR count). The molecular weight excluding hydrogens is 338 g/mol. The second kappa shape index (κ2) is 7.66. The summed E-state index contributed by atoms with van der Waals surface area (Å²) in [6.45, 7) is 3.03. The highest BCUT2D eigenvalue weighted by Gasteiger charge is 2.13. The van der Waals surface area contributed by atoms with Gasteiger partial charge in [-0.2, -0.15) is 0 Å². The minimum absolute atomic E-state index is 0.0218. The summed E-state index contributed by atoms with van der Waals surface area (Å²) in [6.07, 6.45) is 5.55. The highest BCUT2D eigenvalue weighted by atomic mass is 16.5. The number of carbonyl (C=O) groups excluding carboxylic acids is 1. The fraction of sp³-hybridized carbons (Fsp3) is 0.273. The molecule has 5 nitrogen and oxygen atoms in total.